The van der Waals surface area contributed by atoms with Gasteiger partial charge in [-0.05, 0) is 31.5 Å². The lowest BCUT2D eigenvalue weighted by molar-refractivity contribution is -0.106. The number of rotatable bonds is 4. The van der Waals surface area contributed by atoms with Crippen LogP contribution in [0.1, 0.15) is 36.6 Å². The van der Waals surface area contributed by atoms with Crippen LogP contribution in [0.5, 0.6) is 5.75 Å². The van der Waals surface area contributed by atoms with Gasteiger partial charge >= 0.3 is 0 Å². The molecule has 0 bridgehead atoms. The Morgan fingerprint density at radius 3 is 2.70 bits per heavy atom. The van der Waals surface area contributed by atoms with Gasteiger partial charge in [0.1, 0.15) is 34.5 Å². The molecule has 144 valence electrons. The third kappa shape index (κ3) is 4.24. The minimum absolute atomic E-state index is 0.152. The first kappa shape index (κ1) is 20.4. The standard InChI is InChI=1S/C19H19F2NO2.CH3NO/c1-5-23-12(4)17-7-13-11(3)9-24-19(13)18(22-17)14-6-10(2)15(20)8-16(14)21;2-1-3/h6-8,11H,4-5,9H2,1-3H3;1H,(H2,2,3). The number of aryl methyl sites for hydroxylation is 1. The van der Waals surface area contributed by atoms with E-state index in [2.05, 4.69) is 17.3 Å². The molecule has 0 radical (unpaired) electrons. The summed E-state index contributed by atoms with van der Waals surface area (Å²) in [5.41, 5.74) is 6.54. The number of amides is 1. The molecule has 1 aliphatic rings. The third-order valence-corrected chi connectivity index (χ3v) is 4.12. The van der Waals surface area contributed by atoms with Crippen LogP contribution in [0.3, 0.4) is 0 Å². The van der Waals surface area contributed by atoms with Crippen molar-refractivity contribution in [2.75, 3.05) is 13.2 Å². The Morgan fingerprint density at radius 1 is 1.41 bits per heavy atom. The fraction of sp³-hybridized carbons (Fsp3) is 0.300. The number of carbonyl (C=O) groups is 1. The fourth-order valence-electron chi connectivity index (χ4n) is 2.78. The Hall–Kier alpha value is -2.96. The van der Waals surface area contributed by atoms with E-state index < -0.39 is 11.6 Å². The molecule has 7 heteroatoms. The van der Waals surface area contributed by atoms with Gasteiger partial charge in [-0.25, -0.2) is 13.8 Å². The average molecular weight is 376 g/mol. The van der Waals surface area contributed by atoms with E-state index in [0.29, 0.717) is 41.7 Å². The summed E-state index contributed by atoms with van der Waals surface area (Å²) in [7, 11) is 0. The Kier molecular flexibility index (Phi) is 6.50. The maximum absolute atomic E-state index is 14.4. The first-order valence-corrected chi connectivity index (χ1v) is 8.45. The van der Waals surface area contributed by atoms with E-state index in [1.165, 1.54) is 6.07 Å². The Bertz CT molecular complexity index is 869. The Balaban J connectivity index is 0.000000817. The number of ether oxygens (including phenoxy) is 2. The molecule has 1 aromatic carbocycles. The molecule has 1 aliphatic heterocycles. The van der Waals surface area contributed by atoms with Gasteiger partial charge in [0, 0.05) is 23.1 Å². The Morgan fingerprint density at radius 2 is 2.07 bits per heavy atom. The van der Waals surface area contributed by atoms with Crippen molar-refractivity contribution >= 4 is 12.2 Å². The first-order chi connectivity index (χ1) is 12.8. The van der Waals surface area contributed by atoms with Gasteiger partial charge in [-0.1, -0.05) is 13.5 Å². The number of benzene rings is 1. The van der Waals surface area contributed by atoms with Gasteiger partial charge in [0.2, 0.25) is 6.41 Å². The number of halogens is 2. The molecule has 5 nitrogen and oxygen atoms in total. The van der Waals surface area contributed by atoms with Gasteiger partial charge in [-0.15, -0.1) is 0 Å². The van der Waals surface area contributed by atoms with Gasteiger partial charge in [0.15, 0.2) is 0 Å². The van der Waals surface area contributed by atoms with Crippen LogP contribution < -0.4 is 10.5 Å². The molecule has 0 saturated heterocycles. The number of carbonyl (C=O) groups excluding carboxylic acids is 1. The summed E-state index contributed by atoms with van der Waals surface area (Å²) in [4.78, 5) is 13.1. The minimum Gasteiger partial charge on any atom is -0.492 e. The quantitative estimate of drug-likeness (QED) is 0.648. The van der Waals surface area contributed by atoms with Gasteiger partial charge in [0.25, 0.3) is 0 Å². The molecule has 1 amide bonds. The number of hydrogen-bond donors (Lipinski definition) is 1. The van der Waals surface area contributed by atoms with Crippen LogP contribution in [0.15, 0.2) is 24.8 Å². The lowest BCUT2D eigenvalue weighted by Gasteiger charge is -2.14. The van der Waals surface area contributed by atoms with Crippen LogP contribution in [0, 0.1) is 18.6 Å². The van der Waals surface area contributed by atoms with Crippen molar-refractivity contribution in [1.82, 2.24) is 4.98 Å². The van der Waals surface area contributed by atoms with Crippen molar-refractivity contribution in [3.05, 3.63) is 53.2 Å². The molecule has 0 saturated carbocycles. The molecule has 27 heavy (non-hydrogen) atoms. The van der Waals surface area contributed by atoms with Crippen LogP contribution in [-0.2, 0) is 9.53 Å². The minimum atomic E-state index is -0.671. The fourth-order valence-corrected chi connectivity index (χ4v) is 2.78. The van der Waals surface area contributed by atoms with Crippen LogP contribution in [-0.4, -0.2) is 24.6 Å². The van der Waals surface area contributed by atoms with Gasteiger partial charge < -0.3 is 15.2 Å². The summed E-state index contributed by atoms with van der Waals surface area (Å²) in [6, 6.07) is 4.19. The largest absolute Gasteiger partial charge is 0.492 e. The number of aromatic nitrogens is 1. The SMILES string of the molecule is C=C(OCC)c1cc2c(c(-c3cc(C)c(F)cc3F)n1)OCC2C.NC=O. The van der Waals surface area contributed by atoms with Crippen molar-refractivity contribution in [3.8, 4) is 17.0 Å². The number of nitrogens with two attached hydrogens (primary N) is 1. The lowest BCUT2D eigenvalue weighted by Crippen LogP contribution is -2.00. The van der Waals surface area contributed by atoms with Crippen LogP contribution in [0.2, 0.25) is 0 Å². The summed E-state index contributed by atoms with van der Waals surface area (Å²) < 4.78 is 39.1. The van der Waals surface area contributed by atoms with Crippen molar-refractivity contribution in [3.63, 3.8) is 0 Å². The van der Waals surface area contributed by atoms with E-state index in [-0.39, 0.29) is 17.9 Å². The molecule has 0 fully saturated rings. The predicted octanol–water partition coefficient (Wildman–Crippen LogP) is 3.94. The van der Waals surface area contributed by atoms with Crippen molar-refractivity contribution in [2.24, 2.45) is 5.73 Å². The highest BCUT2D eigenvalue weighted by atomic mass is 19.1. The van der Waals surface area contributed by atoms with Crippen LogP contribution in [0.25, 0.3) is 17.0 Å². The molecule has 3 rings (SSSR count). The van der Waals surface area contributed by atoms with E-state index in [1.807, 2.05) is 19.9 Å². The number of pyridine rings is 1. The zero-order valence-corrected chi connectivity index (χ0v) is 15.5. The smallest absolute Gasteiger partial charge is 0.204 e. The summed E-state index contributed by atoms with van der Waals surface area (Å²) in [6.07, 6.45) is 0.250. The van der Waals surface area contributed by atoms with E-state index in [9.17, 15) is 8.78 Å². The summed E-state index contributed by atoms with van der Waals surface area (Å²) >= 11 is 0. The molecule has 1 unspecified atom stereocenters. The highest BCUT2D eigenvalue weighted by molar-refractivity contribution is 5.73. The lowest BCUT2D eigenvalue weighted by atomic mass is 9.98. The van der Waals surface area contributed by atoms with Gasteiger partial charge in [0.05, 0.1) is 13.2 Å². The van der Waals surface area contributed by atoms with Crippen molar-refractivity contribution < 1.29 is 23.0 Å². The monoisotopic (exact) mass is 376 g/mol. The third-order valence-electron chi connectivity index (χ3n) is 4.12. The van der Waals surface area contributed by atoms with Crippen LogP contribution in [0.4, 0.5) is 8.78 Å². The maximum Gasteiger partial charge on any atom is 0.204 e. The highest BCUT2D eigenvalue weighted by Crippen LogP contribution is 2.42. The zero-order valence-electron chi connectivity index (χ0n) is 15.5. The van der Waals surface area contributed by atoms with Crippen LogP contribution >= 0.6 is 0 Å². The summed E-state index contributed by atoms with van der Waals surface area (Å²) in [5.74, 6) is -0.146. The van der Waals surface area contributed by atoms with Crippen molar-refractivity contribution in [1.29, 1.82) is 0 Å². The second-order valence-electron chi connectivity index (χ2n) is 6.06. The first-order valence-electron chi connectivity index (χ1n) is 8.45. The summed E-state index contributed by atoms with van der Waals surface area (Å²) in [6.45, 7) is 10.3. The number of hydrogen-bond acceptors (Lipinski definition) is 4. The second-order valence-corrected chi connectivity index (χ2v) is 6.06. The molecular formula is C20H22F2N2O3. The molecule has 2 N–H and O–H groups in total. The second kappa shape index (κ2) is 8.62. The van der Waals surface area contributed by atoms with E-state index in [4.69, 9.17) is 14.3 Å². The Labute approximate surface area is 156 Å². The topological polar surface area (TPSA) is 74.4 Å². The van der Waals surface area contributed by atoms with Gasteiger partial charge in [-0.3, -0.25) is 4.79 Å². The number of primary amides is 1. The molecular weight excluding hydrogens is 354 g/mol. The number of nitrogens with zero attached hydrogens (tertiary/aromatic N) is 1. The number of fused-ring (bicyclic) bond motifs is 1. The highest BCUT2D eigenvalue weighted by Gasteiger charge is 2.28. The normalized spacial score (nSPS) is 14.5. The molecule has 1 aromatic heterocycles. The predicted molar refractivity (Wildman–Crippen MR) is 99.1 cm³/mol. The molecule has 0 aliphatic carbocycles. The molecule has 2 aromatic rings. The average Bonchev–Trinajstić information content (AvgIpc) is 3.00. The zero-order chi connectivity index (χ0) is 20.1. The van der Waals surface area contributed by atoms with E-state index in [0.717, 1.165) is 11.6 Å². The van der Waals surface area contributed by atoms with E-state index in [1.54, 1.807) is 6.92 Å². The van der Waals surface area contributed by atoms with Crippen molar-refractivity contribution in [2.45, 2.75) is 26.7 Å². The molecule has 0 spiro atoms. The molecule has 1 atom stereocenters. The summed E-state index contributed by atoms with van der Waals surface area (Å²) in [5, 5.41) is 0. The van der Waals surface area contributed by atoms with Gasteiger partial charge in [-0.2, -0.15) is 0 Å². The van der Waals surface area contributed by atoms with E-state index >= 15 is 0 Å². The maximum atomic E-state index is 14.4. The molecule has 2 heterocycles.